The SMILES string of the molecule is CN(C(=O)c1cnc(N2CC(c3cc(F)c(F)cc3F)C3(CC3)C2)nc1)C1CCN(c2nc(C(F)F)no2)CC1. The molecule has 9 nitrogen and oxygen atoms in total. The summed E-state index contributed by atoms with van der Waals surface area (Å²) in [6.07, 6.45) is 2.92. The van der Waals surface area contributed by atoms with E-state index in [1.165, 1.54) is 12.4 Å². The zero-order valence-corrected chi connectivity index (χ0v) is 21.5. The van der Waals surface area contributed by atoms with E-state index in [-0.39, 0.29) is 34.9 Å². The maximum Gasteiger partial charge on any atom is 0.324 e. The second kappa shape index (κ2) is 9.97. The molecule has 2 aliphatic heterocycles. The number of hydrogen-bond acceptors (Lipinski definition) is 8. The normalized spacial score (nSPS) is 20.5. The Balaban J connectivity index is 1.09. The number of nitrogens with zero attached hydrogens (tertiary/aromatic N) is 7. The van der Waals surface area contributed by atoms with E-state index < -0.39 is 29.7 Å². The van der Waals surface area contributed by atoms with Crippen LogP contribution in [0.3, 0.4) is 0 Å². The molecule has 212 valence electrons. The molecule has 0 N–H and O–H groups in total. The van der Waals surface area contributed by atoms with Crippen LogP contribution in [0.1, 0.15) is 59.8 Å². The van der Waals surface area contributed by atoms with Crippen molar-refractivity contribution in [2.24, 2.45) is 5.41 Å². The van der Waals surface area contributed by atoms with Gasteiger partial charge in [0.25, 0.3) is 5.91 Å². The summed E-state index contributed by atoms with van der Waals surface area (Å²) in [5, 5.41) is 3.28. The monoisotopic (exact) mass is 563 g/mol. The van der Waals surface area contributed by atoms with Gasteiger partial charge in [0.2, 0.25) is 11.8 Å². The molecule has 0 radical (unpaired) electrons. The third-order valence-corrected chi connectivity index (χ3v) is 8.35. The molecular formula is C26H26F5N7O2. The predicted octanol–water partition coefficient (Wildman–Crippen LogP) is 4.34. The van der Waals surface area contributed by atoms with Gasteiger partial charge < -0.3 is 19.2 Å². The van der Waals surface area contributed by atoms with Crippen molar-refractivity contribution in [2.45, 2.75) is 44.1 Å². The highest BCUT2D eigenvalue weighted by atomic mass is 19.3. The summed E-state index contributed by atoms with van der Waals surface area (Å²) in [5.41, 5.74) is 0.225. The standard InChI is InChI=1S/C26H26F5N7O2/c1-36(15-2-6-37(7-3-15)25-34-22(21(30)31)35-40-25)23(39)14-10-32-24(33-11-14)38-12-17(26(13-38)4-5-26)16-8-19(28)20(29)9-18(16)27/h8-11,15,17,21H,2-7,12-13H2,1H3. The van der Waals surface area contributed by atoms with Gasteiger partial charge in [-0.2, -0.15) is 4.98 Å². The Labute approximate surface area is 226 Å². The van der Waals surface area contributed by atoms with Crippen molar-refractivity contribution in [3.8, 4) is 0 Å². The highest BCUT2D eigenvalue weighted by Crippen LogP contribution is 2.60. The van der Waals surface area contributed by atoms with Gasteiger partial charge >= 0.3 is 12.4 Å². The van der Waals surface area contributed by atoms with Crippen LogP contribution in [-0.4, -0.2) is 70.2 Å². The number of aromatic nitrogens is 4. The van der Waals surface area contributed by atoms with E-state index in [9.17, 15) is 26.7 Å². The molecule has 1 saturated carbocycles. The molecule has 0 bridgehead atoms. The number of carbonyl (C=O) groups excluding carboxylic acids is 1. The van der Waals surface area contributed by atoms with Gasteiger partial charge in [-0.15, -0.1) is 0 Å². The van der Waals surface area contributed by atoms with Crippen LogP contribution >= 0.6 is 0 Å². The van der Waals surface area contributed by atoms with Gasteiger partial charge in [0, 0.05) is 63.6 Å². The van der Waals surface area contributed by atoms with Crippen molar-refractivity contribution in [2.75, 3.05) is 43.0 Å². The number of amides is 1. The summed E-state index contributed by atoms with van der Waals surface area (Å²) >= 11 is 0. The Kier molecular flexibility index (Phi) is 6.57. The molecule has 1 aromatic carbocycles. The lowest BCUT2D eigenvalue weighted by atomic mass is 9.86. The second-order valence-corrected chi connectivity index (χ2v) is 10.7. The van der Waals surface area contributed by atoms with E-state index in [4.69, 9.17) is 4.52 Å². The molecule has 1 amide bonds. The molecule has 1 aliphatic carbocycles. The molecule has 2 aromatic heterocycles. The number of carbonyl (C=O) groups is 1. The Morgan fingerprint density at radius 2 is 1.73 bits per heavy atom. The van der Waals surface area contributed by atoms with Crippen LogP contribution in [0.5, 0.6) is 0 Å². The van der Waals surface area contributed by atoms with Gasteiger partial charge in [-0.3, -0.25) is 4.79 Å². The van der Waals surface area contributed by atoms with E-state index in [2.05, 4.69) is 20.1 Å². The highest BCUT2D eigenvalue weighted by molar-refractivity contribution is 5.93. The van der Waals surface area contributed by atoms with Crippen LogP contribution in [0.15, 0.2) is 29.0 Å². The molecular weight excluding hydrogens is 537 g/mol. The van der Waals surface area contributed by atoms with Crippen LogP contribution in [0.4, 0.5) is 33.9 Å². The van der Waals surface area contributed by atoms with Crippen molar-refractivity contribution >= 4 is 17.9 Å². The number of hydrogen-bond donors (Lipinski definition) is 0. The lowest BCUT2D eigenvalue weighted by Crippen LogP contribution is -2.45. The van der Waals surface area contributed by atoms with Crippen molar-refractivity contribution in [1.29, 1.82) is 0 Å². The minimum absolute atomic E-state index is 0.0381. The summed E-state index contributed by atoms with van der Waals surface area (Å²) < 4.78 is 72.3. The maximum atomic E-state index is 14.6. The quantitative estimate of drug-likeness (QED) is 0.323. The fraction of sp³-hybridized carbons (Fsp3) is 0.500. The fourth-order valence-electron chi connectivity index (χ4n) is 5.87. The van der Waals surface area contributed by atoms with Crippen LogP contribution in [0, 0.1) is 22.9 Å². The summed E-state index contributed by atoms with van der Waals surface area (Å²) in [6, 6.07) is 1.48. The number of rotatable bonds is 6. The molecule has 3 fully saturated rings. The minimum Gasteiger partial charge on any atom is -0.340 e. The Bertz CT molecular complexity index is 1410. The van der Waals surface area contributed by atoms with Crippen LogP contribution < -0.4 is 9.80 Å². The lowest BCUT2D eigenvalue weighted by molar-refractivity contribution is 0.0707. The number of halogens is 5. The molecule has 3 aliphatic rings. The topological polar surface area (TPSA) is 91.5 Å². The first-order valence-corrected chi connectivity index (χ1v) is 13.0. The van der Waals surface area contributed by atoms with Crippen molar-refractivity contribution < 1.29 is 31.3 Å². The van der Waals surface area contributed by atoms with Gasteiger partial charge in [0.1, 0.15) is 5.82 Å². The van der Waals surface area contributed by atoms with E-state index in [1.807, 2.05) is 4.90 Å². The van der Waals surface area contributed by atoms with Gasteiger partial charge in [0.05, 0.1) is 5.56 Å². The van der Waals surface area contributed by atoms with Gasteiger partial charge in [0.15, 0.2) is 11.6 Å². The third kappa shape index (κ3) is 4.73. The first-order valence-electron chi connectivity index (χ1n) is 13.0. The molecule has 1 unspecified atom stereocenters. The van der Waals surface area contributed by atoms with Crippen molar-refractivity contribution in [1.82, 2.24) is 25.0 Å². The predicted molar refractivity (Wildman–Crippen MR) is 132 cm³/mol. The van der Waals surface area contributed by atoms with Crippen LogP contribution in [-0.2, 0) is 0 Å². The third-order valence-electron chi connectivity index (χ3n) is 8.35. The average Bonchev–Trinajstić information content (AvgIpc) is 3.38. The number of benzene rings is 1. The fourth-order valence-corrected chi connectivity index (χ4v) is 5.87. The van der Waals surface area contributed by atoms with E-state index in [0.29, 0.717) is 56.6 Å². The van der Waals surface area contributed by atoms with Gasteiger partial charge in [-0.05, 0) is 42.7 Å². The average molecular weight is 564 g/mol. The molecule has 40 heavy (non-hydrogen) atoms. The maximum absolute atomic E-state index is 14.6. The number of anilines is 2. The second-order valence-electron chi connectivity index (χ2n) is 10.7. The first kappa shape index (κ1) is 26.4. The number of piperidine rings is 1. The largest absolute Gasteiger partial charge is 0.340 e. The Hall–Kier alpha value is -3.84. The molecule has 1 spiro atoms. The zero-order valence-electron chi connectivity index (χ0n) is 21.5. The number of alkyl halides is 2. The minimum atomic E-state index is -2.81. The van der Waals surface area contributed by atoms with Crippen LogP contribution in [0.2, 0.25) is 0 Å². The summed E-state index contributed by atoms with van der Waals surface area (Å²) in [6.45, 7) is 1.82. The van der Waals surface area contributed by atoms with Gasteiger partial charge in [-0.25, -0.2) is 31.9 Å². The Morgan fingerprint density at radius 1 is 1.05 bits per heavy atom. The Morgan fingerprint density at radius 3 is 2.35 bits per heavy atom. The van der Waals surface area contributed by atoms with Crippen molar-refractivity contribution in [3.63, 3.8) is 0 Å². The zero-order chi connectivity index (χ0) is 28.2. The van der Waals surface area contributed by atoms with Crippen LogP contribution in [0.25, 0.3) is 0 Å². The van der Waals surface area contributed by atoms with Crippen molar-refractivity contribution in [3.05, 3.63) is 58.9 Å². The molecule has 3 aromatic rings. The van der Waals surface area contributed by atoms with E-state index >= 15 is 0 Å². The molecule has 2 saturated heterocycles. The highest BCUT2D eigenvalue weighted by Gasteiger charge is 2.56. The molecule has 6 rings (SSSR count). The molecule has 4 heterocycles. The summed E-state index contributed by atoms with van der Waals surface area (Å²) in [4.78, 5) is 30.9. The smallest absolute Gasteiger partial charge is 0.324 e. The van der Waals surface area contributed by atoms with E-state index in [1.54, 1.807) is 16.8 Å². The summed E-state index contributed by atoms with van der Waals surface area (Å²) in [5.74, 6) is -3.90. The first-order chi connectivity index (χ1) is 19.1. The molecule has 14 heteroatoms. The summed E-state index contributed by atoms with van der Waals surface area (Å²) in [7, 11) is 1.69. The molecule has 1 atom stereocenters. The van der Waals surface area contributed by atoms with E-state index in [0.717, 1.165) is 18.9 Å². The lowest BCUT2D eigenvalue weighted by Gasteiger charge is -2.35. The van der Waals surface area contributed by atoms with Gasteiger partial charge in [-0.1, -0.05) is 5.16 Å².